The minimum atomic E-state index is -0.278. The fourth-order valence-corrected chi connectivity index (χ4v) is 1.15. The van der Waals surface area contributed by atoms with Gasteiger partial charge in [-0.2, -0.15) is 0 Å². The van der Waals surface area contributed by atoms with Gasteiger partial charge in [-0.05, 0) is 5.53 Å². The first-order valence-electron chi connectivity index (χ1n) is 3.99. The first kappa shape index (κ1) is 9.57. The Hall–Kier alpha value is -1.52. The van der Waals surface area contributed by atoms with E-state index in [-0.39, 0.29) is 11.6 Å². The lowest BCUT2D eigenvalue weighted by Crippen LogP contribution is -2.46. The van der Waals surface area contributed by atoms with Crippen LogP contribution in [0.15, 0.2) is 17.4 Å². The van der Waals surface area contributed by atoms with Crippen LogP contribution in [0, 0.1) is 0 Å². The van der Waals surface area contributed by atoms with Crippen LogP contribution >= 0.6 is 0 Å². The summed E-state index contributed by atoms with van der Waals surface area (Å²) in [5, 5.41) is 6.29. The lowest BCUT2D eigenvalue weighted by atomic mass is 10.3. The monoisotopic (exact) mass is 181 g/mol. The molecule has 6 heteroatoms. The van der Waals surface area contributed by atoms with Crippen LogP contribution in [0.5, 0.6) is 0 Å². The molecule has 70 valence electrons. The molecule has 0 bridgehead atoms. The Morgan fingerprint density at radius 1 is 1.54 bits per heavy atom. The van der Waals surface area contributed by atoms with Gasteiger partial charge >= 0.3 is 0 Å². The van der Waals surface area contributed by atoms with Crippen molar-refractivity contribution in [3.8, 4) is 0 Å². The number of nitrogens with zero attached hydrogens (tertiary/aromatic N) is 4. The zero-order valence-corrected chi connectivity index (χ0v) is 7.23. The molecule has 0 aromatic carbocycles. The van der Waals surface area contributed by atoms with Crippen molar-refractivity contribution in [1.82, 2.24) is 10.2 Å². The molecule has 0 aliphatic carbocycles. The van der Waals surface area contributed by atoms with E-state index in [1.807, 2.05) is 0 Å². The second kappa shape index (κ2) is 4.49. The summed E-state index contributed by atoms with van der Waals surface area (Å²) in [6.07, 6.45) is 0. The molecular weight excluding hydrogens is 170 g/mol. The fourth-order valence-electron chi connectivity index (χ4n) is 1.15. The van der Waals surface area contributed by atoms with Gasteiger partial charge in [0.1, 0.15) is 0 Å². The van der Waals surface area contributed by atoms with Crippen LogP contribution in [-0.4, -0.2) is 37.0 Å². The molecule has 0 spiro atoms. The topological polar surface area (TPSA) is 81.1 Å². The fraction of sp³-hybridized carbons (Fsp3) is 0.571. The van der Waals surface area contributed by atoms with Crippen LogP contribution in [0.3, 0.4) is 0 Å². The summed E-state index contributed by atoms with van der Waals surface area (Å²) in [6.45, 7) is 6.21. The van der Waals surface area contributed by atoms with E-state index in [4.69, 9.17) is 5.53 Å². The molecular formula is C7H11N5O. The number of azide groups is 1. The Morgan fingerprint density at radius 2 is 2.15 bits per heavy atom. The van der Waals surface area contributed by atoms with Crippen molar-refractivity contribution in [3.63, 3.8) is 0 Å². The summed E-state index contributed by atoms with van der Waals surface area (Å²) < 4.78 is 0. The zero-order valence-electron chi connectivity index (χ0n) is 7.23. The average Bonchev–Trinajstić information content (AvgIpc) is 2.18. The largest absolute Gasteiger partial charge is 0.336 e. The summed E-state index contributed by atoms with van der Waals surface area (Å²) in [6, 6.07) is 0. The van der Waals surface area contributed by atoms with Crippen molar-refractivity contribution >= 4 is 5.91 Å². The molecule has 0 aromatic rings. The molecule has 6 nitrogen and oxygen atoms in total. The van der Waals surface area contributed by atoms with Crippen molar-refractivity contribution in [2.45, 2.75) is 0 Å². The third-order valence-corrected chi connectivity index (χ3v) is 1.82. The average molecular weight is 181 g/mol. The van der Waals surface area contributed by atoms with Gasteiger partial charge in [0, 0.05) is 31.1 Å². The smallest absolute Gasteiger partial charge is 0.255 e. The van der Waals surface area contributed by atoms with Gasteiger partial charge in [0.2, 0.25) is 0 Å². The van der Waals surface area contributed by atoms with Gasteiger partial charge in [-0.1, -0.05) is 11.7 Å². The van der Waals surface area contributed by atoms with E-state index in [1.165, 1.54) is 0 Å². The number of nitrogens with one attached hydrogen (secondary N) is 1. The second-order valence-corrected chi connectivity index (χ2v) is 2.68. The van der Waals surface area contributed by atoms with Gasteiger partial charge < -0.3 is 10.2 Å². The number of amides is 1. The van der Waals surface area contributed by atoms with Crippen molar-refractivity contribution in [2.75, 3.05) is 26.2 Å². The maximum Gasteiger partial charge on any atom is 0.255 e. The molecule has 1 amide bonds. The Balaban J connectivity index is 2.55. The van der Waals surface area contributed by atoms with E-state index >= 15 is 0 Å². The van der Waals surface area contributed by atoms with Crippen LogP contribution in [0.1, 0.15) is 0 Å². The number of carbonyl (C=O) groups is 1. The molecule has 1 fully saturated rings. The number of piperazine rings is 1. The maximum absolute atomic E-state index is 11.4. The van der Waals surface area contributed by atoms with Crippen LogP contribution < -0.4 is 5.32 Å². The van der Waals surface area contributed by atoms with E-state index in [2.05, 4.69) is 21.9 Å². The van der Waals surface area contributed by atoms with Crippen LogP contribution in [0.2, 0.25) is 0 Å². The highest BCUT2D eigenvalue weighted by Crippen LogP contribution is 2.02. The molecule has 13 heavy (non-hydrogen) atoms. The number of carbonyl (C=O) groups excluding carboxylic acids is 1. The molecule has 0 atom stereocenters. The summed E-state index contributed by atoms with van der Waals surface area (Å²) in [5.41, 5.74) is 8.06. The van der Waals surface area contributed by atoms with Crippen molar-refractivity contribution in [1.29, 1.82) is 0 Å². The Morgan fingerprint density at radius 3 is 2.69 bits per heavy atom. The first-order valence-corrected chi connectivity index (χ1v) is 3.99. The van der Waals surface area contributed by atoms with Crippen LogP contribution in [-0.2, 0) is 4.79 Å². The summed E-state index contributed by atoms with van der Waals surface area (Å²) in [4.78, 5) is 15.6. The van der Waals surface area contributed by atoms with Crippen molar-refractivity contribution in [3.05, 3.63) is 22.7 Å². The zero-order chi connectivity index (χ0) is 9.68. The first-order chi connectivity index (χ1) is 6.25. The van der Waals surface area contributed by atoms with Crippen molar-refractivity contribution in [2.24, 2.45) is 5.11 Å². The molecule has 0 aromatic heterocycles. The highest BCUT2D eigenvalue weighted by atomic mass is 16.2. The van der Waals surface area contributed by atoms with Crippen LogP contribution in [0.4, 0.5) is 0 Å². The van der Waals surface area contributed by atoms with E-state index in [0.29, 0.717) is 13.1 Å². The third-order valence-electron chi connectivity index (χ3n) is 1.82. The second-order valence-electron chi connectivity index (χ2n) is 2.68. The van der Waals surface area contributed by atoms with E-state index in [1.54, 1.807) is 4.90 Å². The van der Waals surface area contributed by atoms with Gasteiger partial charge in [-0.25, -0.2) is 0 Å². The molecule has 0 radical (unpaired) electrons. The number of rotatable bonds is 2. The lowest BCUT2D eigenvalue weighted by molar-refractivity contribution is -0.127. The van der Waals surface area contributed by atoms with E-state index < -0.39 is 0 Å². The normalized spacial score (nSPS) is 16.2. The molecule has 0 unspecified atom stereocenters. The number of hydrogen-bond donors (Lipinski definition) is 1. The quantitative estimate of drug-likeness (QED) is 0.286. The lowest BCUT2D eigenvalue weighted by Gasteiger charge is -2.27. The van der Waals surface area contributed by atoms with E-state index in [9.17, 15) is 4.79 Å². The minimum absolute atomic E-state index is 0.0376. The predicted octanol–water partition coefficient (Wildman–Crippen LogP) is 0.242. The molecule has 1 aliphatic rings. The maximum atomic E-state index is 11.4. The van der Waals surface area contributed by atoms with Gasteiger partial charge in [0.15, 0.2) is 0 Å². The molecule has 1 rings (SSSR count). The van der Waals surface area contributed by atoms with Gasteiger partial charge in [0.25, 0.3) is 5.91 Å². The molecule has 1 heterocycles. The Labute approximate surface area is 75.8 Å². The third kappa shape index (κ3) is 2.47. The SMILES string of the molecule is C=C(N=[N+]=[N-])C(=O)N1CCNCC1. The Kier molecular flexibility index (Phi) is 3.31. The highest BCUT2D eigenvalue weighted by molar-refractivity contribution is 5.92. The van der Waals surface area contributed by atoms with Gasteiger partial charge in [-0.15, -0.1) is 0 Å². The molecule has 1 aliphatic heterocycles. The number of hydrogen-bond acceptors (Lipinski definition) is 3. The Bertz CT molecular complexity index is 262. The molecule has 1 N–H and O–H groups in total. The summed E-state index contributed by atoms with van der Waals surface area (Å²) in [7, 11) is 0. The molecule has 1 saturated heterocycles. The van der Waals surface area contributed by atoms with Crippen LogP contribution in [0.25, 0.3) is 10.4 Å². The summed E-state index contributed by atoms with van der Waals surface area (Å²) in [5.74, 6) is -0.278. The predicted molar refractivity (Wildman–Crippen MR) is 47.7 cm³/mol. The van der Waals surface area contributed by atoms with Crippen molar-refractivity contribution < 1.29 is 4.79 Å². The summed E-state index contributed by atoms with van der Waals surface area (Å²) >= 11 is 0. The van der Waals surface area contributed by atoms with E-state index in [0.717, 1.165) is 13.1 Å². The van der Waals surface area contributed by atoms with Gasteiger partial charge in [-0.3, -0.25) is 4.79 Å². The molecule has 0 saturated carbocycles. The van der Waals surface area contributed by atoms with Gasteiger partial charge in [0.05, 0.1) is 5.70 Å². The minimum Gasteiger partial charge on any atom is -0.336 e. The highest BCUT2D eigenvalue weighted by Gasteiger charge is 2.17. The standard InChI is InChI=1S/C7H11N5O/c1-6(10-11-8)7(13)12-4-2-9-3-5-12/h9H,1-5H2.